The van der Waals surface area contributed by atoms with E-state index >= 15 is 0 Å². The number of quaternary nitrogens is 1. The summed E-state index contributed by atoms with van der Waals surface area (Å²) in [6.45, 7) is 4.62. The second-order valence-corrected chi connectivity index (χ2v) is 8.75. The Morgan fingerprint density at radius 3 is 2.88 bits per heavy atom. The van der Waals surface area contributed by atoms with Crippen molar-refractivity contribution in [2.45, 2.75) is 11.6 Å². The molecule has 5 nitrogen and oxygen atoms in total. The van der Waals surface area contributed by atoms with E-state index in [1.807, 2.05) is 0 Å². The Kier molecular flexibility index (Phi) is 5.64. The largest absolute Gasteiger partial charge is 0.396 e. The molecule has 3 aromatic rings. The first-order valence-electron chi connectivity index (χ1n) is 8.32. The number of hydrogen-bond acceptors (Lipinski definition) is 7. The zero-order valence-electron chi connectivity index (χ0n) is 13.7. The standard InChI is InChI=1S/C17H19N3O2S3/c21-5-9-24-16-15-12(13-2-1-8-23-13)11-25-17(15)19-14(18-16)10-20-3-6-22-7-4-20/h1-2,8,11,21H,3-7,9-10H2/p+1. The van der Waals surface area contributed by atoms with Crippen molar-refractivity contribution in [2.75, 3.05) is 38.7 Å². The summed E-state index contributed by atoms with van der Waals surface area (Å²) in [7, 11) is 0. The average Bonchev–Trinajstić information content (AvgIpc) is 3.29. The number of nitrogens with one attached hydrogen (secondary N) is 1. The van der Waals surface area contributed by atoms with Gasteiger partial charge in [0, 0.05) is 21.6 Å². The van der Waals surface area contributed by atoms with Crippen molar-refractivity contribution < 1.29 is 14.7 Å². The van der Waals surface area contributed by atoms with E-state index in [0.717, 1.165) is 53.9 Å². The van der Waals surface area contributed by atoms with Crippen LogP contribution in [-0.2, 0) is 11.3 Å². The third-order valence-electron chi connectivity index (χ3n) is 4.17. The summed E-state index contributed by atoms with van der Waals surface area (Å²) in [4.78, 5) is 13.5. The smallest absolute Gasteiger partial charge is 0.186 e. The van der Waals surface area contributed by atoms with Crippen LogP contribution >= 0.6 is 34.4 Å². The fraction of sp³-hybridized carbons (Fsp3) is 0.412. The molecule has 0 unspecified atom stereocenters. The van der Waals surface area contributed by atoms with Crippen LogP contribution in [0.25, 0.3) is 20.7 Å². The van der Waals surface area contributed by atoms with Gasteiger partial charge in [-0.25, -0.2) is 9.97 Å². The summed E-state index contributed by atoms with van der Waals surface area (Å²) >= 11 is 5.04. The van der Waals surface area contributed by atoms with Crippen LogP contribution in [0.15, 0.2) is 27.9 Å². The maximum atomic E-state index is 9.26. The van der Waals surface area contributed by atoms with Gasteiger partial charge in [0.15, 0.2) is 5.82 Å². The SMILES string of the molecule is OCCSc1nc(C[NH+]2CCOCC2)nc2scc(-c3cccs3)c12. The van der Waals surface area contributed by atoms with Crippen LogP contribution in [0.2, 0.25) is 0 Å². The van der Waals surface area contributed by atoms with Crippen LogP contribution in [0.4, 0.5) is 0 Å². The highest BCUT2D eigenvalue weighted by Crippen LogP contribution is 2.39. The number of ether oxygens (including phenoxy) is 1. The van der Waals surface area contributed by atoms with Crippen LogP contribution in [-0.4, -0.2) is 53.7 Å². The van der Waals surface area contributed by atoms with Gasteiger partial charge in [-0.2, -0.15) is 0 Å². The van der Waals surface area contributed by atoms with Crippen LogP contribution < -0.4 is 4.90 Å². The van der Waals surface area contributed by atoms with E-state index in [4.69, 9.17) is 14.7 Å². The average molecular weight is 395 g/mol. The van der Waals surface area contributed by atoms with E-state index in [0.29, 0.717) is 5.75 Å². The van der Waals surface area contributed by atoms with E-state index in [2.05, 4.69) is 22.9 Å². The first kappa shape index (κ1) is 17.4. The van der Waals surface area contributed by atoms with Gasteiger partial charge in [0.1, 0.15) is 29.5 Å². The first-order chi connectivity index (χ1) is 12.3. The number of aliphatic hydroxyl groups excluding tert-OH is 1. The highest BCUT2D eigenvalue weighted by Gasteiger charge is 2.20. The van der Waals surface area contributed by atoms with Crippen LogP contribution in [0.5, 0.6) is 0 Å². The Morgan fingerprint density at radius 2 is 2.12 bits per heavy atom. The summed E-state index contributed by atoms with van der Waals surface area (Å²) < 4.78 is 5.44. The summed E-state index contributed by atoms with van der Waals surface area (Å²) in [5.41, 5.74) is 1.21. The molecule has 2 N–H and O–H groups in total. The number of thioether (sulfide) groups is 1. The maximum absolute atomic E-state index is 9.26. The fourth-order valence-corrected chi connectivity index (χ4v) is 5.60. The van der Waals surface area contributed by atoms with Crippen LogP contribution in [0.3, 0.4) is 0 Å². The number of aromatic nitrogens is 2. The molecule has 0 atom stereocenters. The van der Waals surface area contributed by atoms with Gasteiger partial charge >= 0.3 is 0 Å². The molecular formula is C17H20N3O2S3+. The van der Waals surface area contributed by atoms with Gasteiger partial charge in [-0.05, 0) is 11.4 Å². The Hall–Kier alpha value is -1.03. The Balaban J connectivity index is 1.71. The quantitative estimate of drug-likeness (QED) is 0.494. The number of aliphatic hydroxyl groups is 1. The molecule has 4 rings (SSSR count). The third kappa shape index (κ3) is 3.89. The van der Waals surface area contributed by atoms with Crippen molar-refractivity contribution in [1.29, 1.82) is 0 Å². The molecule has 1 fully saturated rings. The van der Waals surface area contributed by atoms with Crippen LogP contribution in [0, 0.1) is 0 Å². The van der Waals surface area contributed by atoms with E-state index < -0.39 is 0 Å². The van der Waals surface area contributed by atoms with E-state index in [1.165, 1.54) is 15.3 Å². The molecule has 0 aliphatic carbocycles. The molecule has 4 heterocycles. The van der Waals surface area contributed by atoms with Crippen molar-refractivity contribution in [2.24, 2.45) is 0 Å². The van der Waals surface area contributed by atoms with Gasteiger partial charge in [0.25, 0.3) is 0 Å². The number of nitrogens with zero attached hydrogens (tertiary/aromatic N) is 2. The summed E-state index contributed by atoms with van der Waals surface area (Å²) in [6, 6.07) is 4.21. The molecular weight excluding hydrogens is 374 g/mol. The minimum atomic E-state index is 0.151. The van der Waals surface area contributed by atoms with E-state index in [9.17, 15) is 5.11 Å². The number of rotatable bonds is 6. The van der Waals surface area contributed by atoms with Crippen molar-refractivity contribution >= 4 is 44.7 Å². The zero-order valence-corrected chi connectivity index (χ0v) is 16.2. The van der Waals surface area contributed by atoms with Crippen LogP contribution in [0.1, 0.15) is 5.82 Å². The lowest BCUT2D eigenvalue weighted by Crippen LogP contribution is -3.12. The molecule has 3 aromatic heterocycles. The van der Waals surface area contributed by atoms with Crippen molar-refractivity contribution in [3.63, 3.8) is 0 Å². The minimum Gasteiger partial charge on any atom is -0.396 e. The molecule has 1 aliphatic heterocycles. The number of morpholine rings is 1. The minimum absolute atomic E-state index is 0.151. The van der Waals surface area contributed by atoms with Crippen molar-refractivity contribution in [1.82, 2.24) is 9.97 Å². The molecule has 8 heteroatoms. The Bertz CT molecular complexity index is 829. The Morgan fingerprint density at radius 1 is 1.24 bits per heavy atom. The molecule has 0 saturated carbocycles. The topological polar surface area (TPSA) is 59.7 Å². The molecule has 1 aliphatic rings. The van der Waals surface area contributed by atoms with Gasteiger partial charge in [-0.15, -0.1) is 34.4 Å². The molecule has 0 radical (unpaired) electrons. The molecule has 0 spiro atoms. The summed E-state index contributed by atoms with van der Waals surface area (Å²) in [6.07, 6.45) is 0. The second-order valence-electron chi connectivity index (χ2n) is 5.86. The molecule has 0 bridgehead atoms. The summed E-state index contributed by atoms with van der Waals surface area (Å²) in [5, 5.41) is 15.7. The van der Waals surface area contributed by atoms with Gasteiger partial charge in [-0.1, -0.05) is 6.07 Å². The maximum Gasteiger partial charge on any atom is 0.186 e. The van der Waals surface area contributed by atoms with E-state index in [-0.39, 0.29) is 6.61 Å². The fourth-order valence-electron chi connectivity index (χ4n) is 2.95. The van der Waals surface area contributed by atoms with Gasteiger partial charge in [-0.3, -0.25) is 0 Å². The highest BCUT2D eigenvalue weighted by molar-refractivity contribution is 7.99. The predicted octanol–water partition coefficient (Wildman–Crippen LogP) is 1.92. The predicted molar refractivity (Wildman–Crippen MR) is 104 cm³/mol. The lowest BCUT2D eigenvalue weighted by atomic mass is 10.2. The van der Waals surface area contributed by atoms with Crippen molar-refractivity contribution in [3.8, 4) is 10.4 Å². The molecule has 132 valence electrons. The third-order valence-corrected chi connectivity index (χ3v) is 6.90. The van der Waals surface area contributed by atoms with Crippen molar-refractivity contribution in [3.05, 3.63) is 28.7 Å². The van der Waals surface area contributed by atoms with Gasteiger partial charge in [0.2, 0.25) is 0 Å². The number of hydrogen-bond donors (Lipinski definition) is 2. The van der Waals surface area contributed by atoms with E-state index in [1.54, 1.807) is 34.4 Å². The monoisotopic (exact) mass is 394 g/mol. The molecule has 0 aromatic carbocycles. The lowest BCUT2D eigenvalue weighted by molar-refractivity contribution is -0.922. The second kappa shape index (κ2) is 8.11. The first-order valence-corrected chi connectivity index (χ1v) is 11.1. The Labute approximate surface area is 158 Å². The van der Waals surface area contributed by atoms with Gasteiger partial charge in [0.05, 0.1) is 25.2 Å². The number of thiophene rings is 2. The molecule has 0 amide bonds. The zero-order chi connectivity index (χ0) is 17.1. The lowest BCUT2D eigenvalue weighted by Gasteiger charge is -2.23. The number of fused-ring (bicyclic) bond motifs is 1. The highest BCUT2D eigenvalue weighted by atomic mass is 32.2. The molecule has 25 heavy (non-hydrogen) atoms. The normalized spacial score (nSPS) is 15.9. The molecule has 1 saturated heterocycles. The van der Waals surface area contributed by atoms with Gasteiger partial charge < -0.3 is 14.7 Å². The summed E-state index contributed by atoms with van der Waals surface area (Å²) in [5.74, 6) is 1.54.